The highest BCUT2D eigenvalue weighted by atomic mass is 32.2. The van der Waals surface area contributed by atoms with Gasteiger partial charge in [-0.15, -0.1) is 10.2 Å². The van der Waals surface area contributed by atoms with E-state index in [1.54, 1.807) is 32.4 Å². The third kappa shape index (κ3) is 5.42. The molecule has 1 amide bonds. The van der Waals surface area contributed by atoms with Crippen molar-refractivity contribution in [1.82, 2.24) is 14.8 Å². The van der Waals surface area contributed by atoms with E-state index in [-0.39, 0.29) is 23.7 Å². The number of carbonyl (C=O) groups excluding carboxylic acids is 1. The minimum Gasteiger partial charge on any atom is -0.497 e. The number of ether oxygens (including phenoxy) is 3. The molecule has 0 saturated carbocycles. The topological polar surface area (TPSA) is 87.5 Å². The normalized spacial score (nSPS) is 16.2. The molecule has 1 atom stereocenters. The van der Waals surface area contributed by atoms with Crippen molar-refractivity contribution >= 4 is 23.4 Å². The van der Waals surface area contributed by atoms with Crippen molar-refractivity contribution in [2.24, 2.45) is 0 Å². The van der Waals surface area contributed by atoms with Gasteiger partial charge in [0.15, 0.2) is 5.16 Å². The Labute approximate surface area is 175 Å². The fourth-order valence-electron chi connectivity index (χ4n) is 3.23. The van der Waals surface area contributed by atoms with Gasteiger partial charge in [-0.25, -0.2) is 0 Å². The van der Waals surface area contributed by atoms with Gasteiger partial charge in [-0.3, -0.25) is 4.79 Å². The van der Waals surface area contributed by atoms with Crippen molar-refractivity contribution in [3.05, 3.63) is 24.0 Å². The summed E-state index contributed by atoms with van der Waals surface area (Å²) in [4.78, 5) is 12.5. The lowest BCUT2D eigenvalue weighted by molar-refractivity contribution is -0.113. The Balaban J connectivity index is 1.67. The van der Waals surface area contributed by atoms with Crippen LogP contribution in [0.15, 0.2) is 23.4 Å². The summed E-state index contributed by atoms with van der Waals surface area (Å²) in [5.41, 5.74) is 0.571. The van der Waals surface area contributed by atoms with Crippen LogP contribution in [-0.2, 0) is 16.1 Å². The largest absolute Gasteiger partial charge is 0.497 e. The van der Waals surface area contributed by atoms with Crippen LogP contribution in [0.4, 0.5) is 5.69 Å². The van der Waals surface area contributed by atoms with E-state index in [0.717, 1.165) is 30.4 Å². The Kier molecular flexibility index (Phi) is 7.38. The summed E-state index contributed by atoms with van der Waals surface area (Å²) in [5.74, 6) is 2.44. The van der Waals surface area contributed by atoms with Crippen molar-refractivity contribution < 1.29 is 19.0 Å². The molecule has 2 heterocycles. The fraction of sp³-hybridized carbons (Fsp3) is 0.550. The lowest BCUT2D eigenvalue weighted by Gasteiger charge is -2.16. The van der Waals surface area contributed by atoms with E-state index in [1.165, 1.54) is 11.8 Å². The van der Waals surface area contributed by atoms with E-state index in [2.05, 4.69) is 33.9 Å². The van der Waals surface area contributed by atoms with Crippen LogP contribution >= 0.6 is 11.8 Å². The first-order chi connectivity index (χ1) is 14.0. The van der Waals surface area contributed by atoms with E-state index in [4.69, 9.17) is 14.2 Å². The van der Waals surface area contributed by atoms with E-state index in [9.17, 15) is 4.79 Å². The van der Waals surface area contributed by atoms with Crippen molar-refractivity contribution in [3.63, 3.8) is 0 Å². The van der Waals surface area contributed by atoms with Gasteiger partial charge >= 0.3 is 0 Å². The summed E-state index contributed by atoms with van der Waals surface area (Å²) in [7, 11) is 3.14. The van der Waals surface area contributed by atoms with Gasteiger partial charge in [-0.1, -0.05) is 25.6 Å². The Morgan fingerprint density at radius 1 is 1.34 bits per heavy atom. The molecule has 2 aromatic rings. The fourth-order valence-corrected chi connectivity index (χ4v) is 3.98. The summed E-state index contributed by atoms with van der Waals surface area (Å²) < 4.78 is 18.4. The Morgan fingerprint density at radius 2 is 2.17 bits per heavy atom. The number of hydrogen-bond acceptors (Lipinski definition) is 7. The third-order valence-electron chi connectivity index (χ3n) is 4.69. The molecule has 0 bridgehead atoms. The number of anilines is 1. The zero-order chi connectivity index (χ0) is 20.8. The second-order valence-electron chi connectivity index (χ2n) is 7.14. The molecule has 1 aliphatic heterocycles. The van der Waals surface area contributed by atoms with Gasteiger partial charge in [0.2, 0.25) is 5.91 Å². The number of hydrogen-bond donors (Lipinski definition) is 1. The van der Waals surface area contributed by atoms with Crippen molar-refractivity contribution in [3.8, 4) is 11.5 Å². The number of benzene rings is 1. The molecule has 0 spiro atoms. The molecule has 1 saturated heterocycles. The average molecular weight is 421 g/mol. The molecule has 1 unspecified atom stereocenters. The SMILES string of the molecule is COc1ccc(OC)c(NC(=O)CSc2nnc(C(C)C)n2CC2CCCO2)c1. The smallest absolute Gasteiger partial charge is 0.234 e. The van der Waals surface area contributed by atoms with Gasteiger partial charge in [0.1, 0.15) is 17.3 Å². The standard InChI is InChI=1S/C20H28N4O4S/c1-13(2)19-22-23-20(24(19)11-15-6-5-9-28-15)29-12-18(25)21-16-10-14(26-3)7-8-17(16)27-4/h7-8,10,13,15H,5-6,9,11-12H2,1-4H3,(H,21,25). The lowest BCUT2D eigenvalue weighted by atomic mass is 10.2. The van der Waals surface area contributed by atoms with Crippen LogP contribution in [-0.4, -0.2) is 53.4 Å². The van der Waals surface area contributed by atoms with Gasteiger partial charge in [-0.05, 0) is 25.0 Å². The van der Waals surface area contributed by atoms with Crippen LogP contribution in [0.2, 0.25) is 0 Å². The average Bonchev–Trinajstić information content (AvgIpc) is 3.36. The number of rotatable bonds is 9. The first kappa shape index (κ1) is 21.4. The number of thioether (sulfide) groups is 1. The van der Waals surface area contributed by atoms with Crippen LogP contribution in [0.1, 0.15) is 38.4 Å². The highest BCUT2D eigenvalue weighted by Gasteiger charge is 2.22. The number of amides is 1. The maximum atomic E-state index is 12.5. The number of nitrogens with one attached hydrogen (secondary N) is 1. The molecule has 1 fully saturated rings. The molecule has 29 heavy (non-hydrogen) atoms. The molecule has 1 aliphatic rings. The van der Waals surface area contributed by atoms with Gasteiger partial charge in [0, 0.05) is 18.6 Å². The molecule has 1 N–H and O–H groups in total. The van der Waals surface area contributed by atoms with Gasteiger partial charge in [-0.2, -0.15) is 0 Å². The summed E-state index contributed by atoms with van der Waals surface area (Å²) in [6.07, 6.45) is 2.30. The van der Waals surface area contributed by atoms with Crippen LogP contribution < -0.4 is 14.8 Å². The van der Waals surface area contributed by atoms with Crippen molar-refractivity contribution in [2.45, 2.75) is 50.4 Å². The van der Waals surface area contributed by atoms with Crippen LogP contribution in [0.5, 0.6) is 11.5 Å². The highest BCUT2D eigenvalue weighted by Crippen LogP contribution is 2.29. The molecule has 3 rings (SSSR count). The van der Waals surface area contributed by atoms with Crippen LogP contribution in [0, 0.1) is 0 Å². The van der Waals surface area contributed by atoms with E-state index in [0.29, 0.717) is 23.7 Å². The Bertz CT molecular complexity index is 834. The Hall–Kier alpha value is -2.26. The van der Waals surface area contributed by atoms with E-state index in [1.807, 2.05) is 0 Å². The first-order valence-electron chi connectivity index (χ1n) is 9.71. The molecular formula is C20H28N4O4S. The van der Waals surface area contributed by atoms with Gasteiger partial charge in [0.25, 0.3) is 0 Å². The number of aromatic nitrogens is 3. The molecule has 1 aromatic heterocycles. The van der Waals surface area contributed by atoms with Crippen LogP contribution in [0.25, 0.3) is 0 Å². The molecule has 9 heteroatoms. The second kappa shape index (κ2) is 9.98. The molecule has 8 nitrogen and oxygen atoms in total. The minimum absolute atomic E-state index is 0.153. The summed E-state index contributed by atoms with van der Waals surface area (Å²) in [5, 5.41) is 12.3. The quantitative estimate of drug-likeness (QED) is 0.623. The number of methoxy groups -OCH3 is 2. The van der Waals surface area contributed by atoms with Crippen molar-refractivity contribution in [1.29, 1.82) is 0 Å². The Morgan fingerprint density at radius 3 is 2.83 bits per heavy atom. The first-order valence-corrected chi connectivity index (χ1v) is 10.7. The zero-order valence-corrected chi connectivity index (χ0v) is 18.1. The number of nitrogens with zero attached hydrogens (tertiary/aromatic N) is 3. The highest BCUT2D eigenvalue weighted by molar-refractivity contribution is 7.99. The number of carbonyl (C=O) groups is 1. The van der Waals surface area contributed by atoms with E-state index >= 15 is 0 Å². The second-order valence-corrected chi connectivity index (χ2v) is 8.09. The summed E-state index contributed by atoms with van der Waals surface area (Å²) >= 11 is 1.37. The monoisotopic (exact) mass is 420 g/mol. The molecular weight excluding hydrogens is 392 g/mol. The maximum Gasteiger partial charge on any atom is 0.234 e. The zero-order valence-electron chi connectivity index (χ0n) is 17.3. The maximum absolute atomic E-state index is 12.5. The molecule has 158 valence electrons. The minimum atomic E-state index is -0.153. The molecule has 0 aliphatic carbocycles. The molecule has 0 radical (unpaired) electrons. The van der Waals surface area contributed by atoms with Gasteiger partial charge in [0.05, 0.1) is 38.3 Å². The van der Waals surface area contributed by atoms with Crippen LogP contribution in [0.3, 0.4) is 0 Å². The van der Waals surface area contributed by atoms with E-state index < -0.39 is 0 Å². The molecule has 1 aromatic carbocycles. The third-order valence-corrected chi connectivity index (χ3v) is 5.65. The predicted molar refractivity (Wildman–Crippen MR) is 112 cm³/mol. The predicted octanol–water partition coefficient (Wildman–Crippen LogP) is 3.33. The summed E-state index contributed by atoms with van der Waals surface area (Å²) in [6, 6.07) is 5.27. The van der Waals surface area contributed by atoms with Crippen molar-refractivity contribution in [2.75, 3.05) is 31.9 Å². The van der Waals surface area contributed by atoms with Gasteiger partial charge < -0.3 is 24.1 Å². The lowest BCUT2D eigenvalue weighted by Crippen LogP contribution is -2.19. The summed E-state index contributed by atoms with van der Waals surface area (Å²) in [6.45, 7) is 5.70.